The molecule has 0 aliphatic rings. The van der Waals surface area contributed by atoms with Crippen LogP contribution in [-0.4, -0.2) is 33.9 Å². The molecule has 0 aliphatic carbocycles. The number of ketones is 1. The summed E-state index contributed by atoms with van der Waals surface area (Å²) in [6, 6.07) is 13.8. The van der Waals surface area contributed by atoms with Gasteiger partial charge in [-0.1, -0.05) is 29.5 Å². The molecule has 1 aromatic heterocycles. The second kappa shape index (κ2) is 5.77. The van der Waals surface area contributed by atoms with Crippen LogP contribution < -0.4 is 0 Å². The number of para-hydroxylation sites is 1. The van der Waals surface area contributed by atoms with Gasteiger partial charge in [0.15, 0.2) is 5.78 Å². The molecule has 110 valence electrons. The number of hydrogen-bond acceptors (Lipinski definition) is 5. The highest BCUT2D eigenvalue weighted by atomic mass is 16.5. The van der Waals surface area contributed by atoms with E-state index < -0.39 is 5.97 Å². The molecule has 0 saturated heterocycles. The maximum absolute atomic E-state index is 12.3. The highest BCUT2D eigenvalue weighted by molar-refractivity contribution is 5.98. The van der Waals surface area contributed by atoms with Crippen molar-refractivity contribution in [3.63, 3.8) is 0 Å². The zero-order chi connectivity index (χ0) is 15.5. The first-order chi connectivity index (χ1) is 10.7. The quantitative estimate of drug-likeness (QED) is 0.544. The van der Waals surface area contributed by atoms with Crippen molar-refractivity contribution in [1.82, 2.24) is 15.0 Å². The van der Waals surface area contributed by atoms with Crippen molar-refractivity contribution in [1.29, 1.82) is 0 Å². The second-order valence-corrected chi connectivity index (χ2v) is 4.73. The summed E-state index contributed by atoms with van der Waals surface area (Å²) in [5.41, 5.74) is 2.47. The van der Waals surface area contributed by atoms with Crippen LogP contribution in [0.15, 0.2) is 48.5 Å². The molecule has 0 radical (unpaired) electrons. The predicted molar refractivity (Wildman–Crippen MR) is 79.6 cm³/mol. The van der Waals surface area contributed by atoms with Gasteiger partial charge in [0.25, 0.3) is 0 Å². The molecule has 6 heteroatoms. The highest BCUT2D eigenvalue weighted by Gasteiger charge is 2.12. The molecule has 0 aliphatic heterocycles. The van der Waals surface area contributed by atoms with E-state index in [-0.39, 0.29) is 12.3 Å². The van der Waals surface area contributed by atoms with Crippen LogP contribution in [0.1, 0.15) is 20.7 Å². The lowest BCUT2D eigenvalue weighted by molar-refractivity contribution is 0.0600. The normalized spacial score (nSPS) is 10.6. The molecule has 3 aromatic rings. The van der Waals surface area contributed by atoms with Crippen LogP contribution in [0.3, 0.4) is 0 Å². The van der Waals surface area contributed by atoms with Crippen molar-refractivity contribution < 1.29 is 14.3 Å². The van der Waals surface area contributed by atoms with E-state index in [4.69, 9.17) is 0 Å². The summed E-state index contributed by atoms with van der Waals surface area (Å²) < 4.78 is 6.19. The SMILES string of the molecule is COC(=O)c1ccc(C(=O)Cn2nnc3ccccc32)cc1. The Labute approximate surface area is 126 Å². The summed E-state index contributed by atoms with van der Waals surface area (Å²) in [5, 5.41) is 8.00. The molecule has 0 saturated carbocycles. The number of rotatable bonds is 4. The minimum Gasteiger partial charge on any atom is -0.465 e. The minimum atomic E-state index is -0.429. The highest BCUT2D eigenvalue weighted by Crippen LogP contribution is 2.12. The second-order valence-electron chi connectivity index (χ2n) is 4.73. The molecule has 1 heterocycles. The lowest BCUT2D eigenvalue weighted by Crippen LogP contribution is -2.12. The lowest BCUT2D eigenvalue weighted by atomic mass is 10.1. The van der Waals surface area contributed by atoms with Crippen molar-refractivity contribution in [2.24, 2.45) is 0 Å². The first-order valence-corrected chi connectivity index (χ1v) is 6.69. The van der Waals surface area contributed by atoms with Gasteiger partial charge in [-0.2, -0.15) is 0 Å². The molecule has 0 fully saturated rings. The molecular formula is C16H13N3O3. The van der Waals surface area contributed by atoms with Gasteiger partial charge in [0, 0.05) is 5.56 Å². The van der Waals surface area contributed by atoms with E-state index in [9.17, 15) is 9.59 Å². The molecule has 0 amide bonds. The fourth-order valence-electron chi connectivity index (χ4n) is 2.17. The van der Waals surface area contributed by atoms with Gasteiger partial charge in [0.05, 0.1) is 18.2 Å². The third-order valence-corrected chi connectivity index (χ3v) is 3.34. The number of benzene rings is 2. The molecular weight excluding hydrogens is 282 g/mol. The first-order valence-electron chi connectivity index (χ1n) is 6.69. The summed E-state index contributed by atoms with van der Waals surface area (Å²) in [5.74, 6) is -0.534. The Morgan fingerprint density at radius 2 is 1.73 bits per heavy atom. The Morgan fingerprint density at radius 3 is 2.45 bits per heavy atom. The molecule has 0 spiro atoms. The number of hydrogen-bond donors (Lipinski definition) is 0. The van der Waals surface area contributed by atoms with E-state index in [1.807, 2.05) is 24.3 Å². The molecule has 22 heavy (non-hydrogen) atoms. The van der Waals surface area contributed by atoms with Crippen LogP contribution in [0.4, 0.5) is 0 Å². The number of carbonyl (C=O) groups excluding carboxylic acids is 2. The summed E-state index contributed by atoms with van der Waals surface area (Å²) >= 11 is 0. The van der Waals surface area contributed by atoms with Gasteiger partial charge in [0.1, 0.15) is 12.1 Å². The van der Waals surface area contributed by atoms with E-state index in [2.05, 4.69) is 15.0 Å². The van der Waals surface area contributed by atoms with Crippen molar-refractivity contribution in [3.8, 4) is 0 Å². The molecule has 0 atom stereocenters. The molecule has 6 nitrogen and oxygen atoms in total. The first kappa shape index (κ1) is 13.9. The third kappa shape index (κ3) is 2.58. The fourth-order valence-corrected chi connectivity index (χ4v) is 2.17. The number of nitrogens with zero attached hydrogens (tertiary/aromatic N) is 3. The Morgan fingerprint density at radius 1 is 1.05 bits per heavy atom. The fraction of sp³-hybridized carbons (Fsp3) is 0.125. The van der Waals surface area contributed by atoms with E-state index >= 15 is 0 Å². The van der Waals surface area contributed by atoms with E-state index in [0.717, 1.165) is 11.0 Å². The van der Waals surface area contributed by atoms with Gasteiger partial charge < -0.3 is 4.74 Å². The maximum atomic E-state index is 12.3. The average molecular weight is 295 g/mol. The molecule has 0 unspecified atom stereocenters. The van der Waals surface area contributed by atoms with Gasteiger partial charge in [0.2, 0.25) is 0 Å². The van der Waals surface area contributed by atoms with E-state index in [0.29, 0.717) is 11.1 Å². The van der Waals surface area contributed by atoms with E-state index in [1.54, 1.807) is 28.9 Å². The summed E-state index contributed by atoms with van der Waals surface area (Å²) in [4.78, 5) is 23.7. The maximum Gasteiger partial charge on any atom is 0.337 e. The van der Waals surface area contributed by atoms with Gasteiger partial charge in [-0.3, -0.25) is 4.79 Å². The summed E-state index contributed by atoms with van der Waals surface area (Å²) in [6.07, 6.45) is 0. The number of esters is 1. The topological polar surface area (TPSA) is 74.1 Å². The summed E-state index contributed by atoms with van der Waals surface area (Å²) in [7, 11) is 1.32. The summed E-state index contributed by atoms with van der Waals surface area (Å²) in [6.45, 7) is 0.0953. The third-order valence-electron chi connectivity index (χ3n) is 3.34. The molecule has 0 N–H and O–H groups in total. The van der Waals surface area contributed by atoms with Gasteiger partial charge in [-0.25, -0.2) is 9.48 Å². The van der Waals surface area contributed by atoms with Crippen LogP contribution >= 0.6 is 0 Å². The number of fused-ring (bicyclic) bond motifs is 1. The van der Waals surface area contributed by atoms with Gasteiger partial charge in [-0.15, -0.1) is 5.10 Å². The Bertz CT molecular complexity index is 837. The zero-order valence-corrected chi connectivity index (χ0v) is 11.9. The lowest BCUT2D eigenvalue weighted by Gasteiger charge is -2.04. The molecule has 3 rings (SSSR count). The number of Topliss-reactive ketones (excluding diaryl/α,β-unsaturated/α-hetero) is 1. The number of methoxy groups -OCH3 is 1. The van der Waals surface area contributed by atoms with Crippen LogP contribution in [-0.2, 0) is 11.3 Å². The Balaban J connectivity index is 1.81. The zero-order valence-electron chi connectivity index (χ0n) is 11.9. The van der Waals surface area contributed by atoms with E-state index in [1.165, 1.54) is 7.11 Å². The standard InChI is InChI=1S/C16H13N3O3/c1-22-16(21)12-8-6-11(7-9-12)15(20)10-19-14-5-3-2-4-13(14)17-18-19/h2-9H,10H2,1H3. The largest absolute Gasteiger partial charge is 0.465 e. The van der Waals surface area contributed by atoms with Crippen LogP contribution in [0.5, 0.6) is 0 Å². The van der Waals surface area contributed by atoms with Crippen LogP contribution in [0.2, 0.25) is 0 Å². The monoisotopic (exact) mass is 295 g/mol. The van der Waals surface area contributed by atoms with Gasteiger partial charge in [-0.05, 0) is 24.3 Å². The van der Waals surface area contributed by atoms with Crippen molar-refractivity contribution in [2.75, 3.05) is 7.11 Å². The Kier molecular flexibility index (Phi) is 3.65. The van der Waals surface area contributed by atoms with Crippen LogP contribution in [0, 0.1) is 0 Å². The van der Waals surface area contributed by atoms with Crippen molar-refractivity contribution >= 4 is 22.8 Å². The van der Waals surface area contributed by atoms with Crippen molar-refractivity contribution in [2.45, 2.75) is 6.54 Å². The molecule has 2 aromatic carbocycles. The van der Waals surface area contributed by atoms with Crippen molar-refractivity contribution in [3.05, 3.63) is 59.7 Å². The number of carbonyl (C=O) groups is 2. The van der Waals surface area contributed by atoms with Crippen LogP contribution in [0.25, 0.3) is 11.0 Å². The van der Waals surface area contributed by atoms with Gasteiger partial charge >= 0.3 is 5.97 Å². The average Bonchev–Trinajstić information content (AvgIpc) is 2.97. The number of aromatic nitrogens is 3. The Hall–Kier alpha value is -3.02. The molecule has 0 bridgehead atoms. The predicted octanol–water partition coefficient (Wildman–Crippen LogP) is 2.10. The number of ether oxygens (including phenoxy) is 1. The smallest absolute Gasteiger partial charge is 0.337 e. The minimum absolute atomic E-state index is 0.0953.